The molecule has 0 aromatic carbocycles. The highest BCUT2D eigenvalue weighted by atomic mass is 32.1. The highest BCUT2D eigenvalue weighted by Gasteiger charge is 2.73. The predicted molar refractivity (Wildman–Crippen MR) is 81.8 cm³/mol. The molecule has 1 rings (SSSR count). The van der Waals surface area contributed by atoms with Crippen LogP contribution in [0.3, 0.4) is 0 Å². The summed E-state index contributed by atoms with van der Waals surface area (Å²) in [6.07, 6.45) is -13.6. The Labute approximate surface area is 148 Å². The number of rotatable bonds is 5. The van der Waals surface area contributed by atoms with E-state index < -0.39 is 35.7 Å². The molecule has 0 aliphatic carbocycles. The summed E-state index contributed by atoms with van der Waals surface area (Å²) in [5.74, 6) is 0. The molecule has 0 atom stereocenters. The van der Waals surface area contributed by atoms with Crippen molar-refractivity contribution < 1.29 is 35.9 Å². The third-order valence-corrected chi connectivity index (χ3v) is 4.45. The second-order valence-electron chi connectivity index (χ2n) is 5.02. The average molecular weight is 403 g/mol. The number of carbonyl (C=O) groups is 1. The maximum Gasteiger partial charge on any atom is 0.439 e. The lowest BCUT2D eigenvalue weighted by molar-refractivity contribution is -0.294. The minimum absolute atomic E-state index is 0.239. The summed E-state index contributed by atoms with van der Waals surface area (Å²) in [6.45, 7) is 3.87. The minimum atomic E-state index is -5.98. The van der Waals surface area contributed by atoms with E-state index >= 15 is 0 Å². The van der Waals surface area contributed by atoms with Gasteiger partial charge in [-0.2, -0.15) is 31.6 Å². The fourth-order valence-corrected chi connectivity index (χ4v) is 3.33. The second-order valence-corrected chi connectivity index (χ2v) is 6.25. The van der Waals surface area contributed by atoms with Gasteiger partial charge in [0.05, 0.1) is 12.2 Å². The highest BCUT2D eigenvalue weighted by Crippen LogP contribution is 2.46. The third-order valence-electron chi connectivity index (χ3n) is 3.39. The van der Waals surface area contributed by atoms with Gasteiger partial charge in [0, 0.05) is 4.88 Å². The Morgan fingerprint density at radius 1 is 1.19 bits per heavy atom. The number of hydrogen-bond donors (Lipinski definition) is 2. The zero-order chi connectivity index (χ0) is 20.3. The molecule has 0 spiro atoms. The number of aryl methyl sites for hydroxylation is 1. The number of amides is 1. The van der Waals surface area contributed by atoms with Gasteiger partial charge in [-0.1, -0.05) is 6.92 Å². The monoisotopic (exact) mass is 403 g/mol. The van der Waals surface area contributed by atoms with Gasteiger partial charge in [-0.15, -0.1) is 11.3 Å². The Kier molecular flexibility index (Phi) is 6.40. The van der Waals surface area contributed by atoms with Crippen molar-refractivity contribution in [2.24, 2.45) is 0 Å². The van der Waals surface area contributed by atoms with Crippen molar-refractivity contribution in [1.29, 1.82) is 5.26 Å². The van der Waals surface area contributed by atoms with Crippen LogP contribution in [-0.4, -0.2) is 30.7 Å². The number of alkyl carbamates (subject to hydrolysis) is 1. The van der Waals surface area contributed by atoms with Crippen molar-refractivity contribution in [3.63, 3.8) is 0 Å². The van der Waals surface area contributed by atoms with Gasteiger partial charge in [-0.3, -0.25) is 5.32 Å². The van der Waals surface area contributed by atoms with E-state index in [-0.39, 0.29) is 12.0 Å². The third kappa shape index (κ3) is 3.98. The maximum atomic E-state index is 13.5. The van der Waals surface area contributed by atoms with E-state index in [1.165, 1.54) is 19.2 Å². The smallest absolute Gasteiger partial charge is 0.439 e. The van der Waals surface area contributed by atoms with Crippen molar-refractivity contribution in [2.45, 2.75) is 45.2 Å². The molecule has 0 radical (unpaired) electrons. The molecule has 1 amide bonds. The van der Waals surface area contributed by atoms with Crippen LogP contribution in [0.4, 0.5) is 36.1 Å². The summed E-state index contributed by atoms with van der Waals surface area (Å²) in [7, 11) is 0. The molecule has 1 aromatic rings. The SMILES string of the molecule is CCOC(=O)NC(Nc1sc(C)c(CC)c1C#N)(C(F)(F)F)C(F)(F)F. The largest absolute Gasteiger partial charge is 0.450 e. The molecule has 0 aliphatic rings. The molecular weight excluding hydrogens is 388 g/mol. The number of carbonyl (C=O) groups excluding carboxylic acids is 1. The van der Waals surface area contributed by atoms with Crippen LogP contribution in [0.15, 0.2) is 0 Å². The number of alkyl halides is 6. The molecule has 0 aliphatic heterocycles. The van der Waals surface area contributed by atoms with Crippen LogP contribution < -0.4 is 10.6 Å². The molecule has 2 N–H and O–H groups in total. The summed E-state index contributed by atoms with van der Waals surface area (Å²) in [6, 6.07) is 1.61. The van der Waals surface area contributed by atoms with E-state index in [0.29, 0.717) is 21.8 Å². The van der Waals surface area contributed by atoms with Crippen molar-refractivity contribution >= 4 is 22.4 Å². The summed E-state index contributed by atoms with van der Waals surface area (Å²) < 4.78 is 84.9. The molecule has 12 heteroatoms. The van der Waals surface area contributed by atoms with Gasteiger partial charge < -0.3 is 10.1 Å². The van der Waals surface area contributed by atoms with E-state index in [2.05, 4.69) is 4.74 Å². The van der Waals surface area contributed by atoms with Crippen molar-refractivity contribution in [3.05, 3.63) is 16.0 Å². The standard InChI is InChI=1S/C14H15F6N3O2S/c1-4-8-7(3)26-10(9(8)6-21)22-12(13(15,16)17,14(18,19)20)23-11(24)25-5-2/h22H,4-5H2,1-3H3,(H,23,24). The summed E-state index contributed by atoms with van der Waals surface area (Å²) >= 11 is 0.564. The first-order valence-electron chi connectivity index (χ1n) is 7.23. The molecule has 0 saturated carbocycles. The normalized spacial score (nSPS) is 12.5. The van der Waals surface area contributed by atoms with Gasteiger partial charge in [0.25, 0.3) is 0 Å². The molecule has 1 aromatic heterocycles. The number of thiophene rings is 1. The first kappa shape index (κ1) is 21.9. The van der Waals surface area contributed by atoms with Crippen LogP contribution in [0.1, 0.15) is 29.9 Å². The lowest BCUT2D eigenvalue weighted by Gasteiger charge is -2.38. The van der Waals surface area contributed by atoms with Crippen LogP contribution in [-0.2, 0) is 11.2 Å². The Balaban J connectivity index is 3.57. The van der Waals surface area contributed by atoms with E-state index in [1.807, 2.05) is 0 Å². The Morgan fingerprint density at radius 2 is 1.73 bits per heavy atom. The van der Waals surface area contributed by atoms with E-state index in [1.54, 1.807) is 13.0 Å². The summed E-state index contributed by atoms with van der Waals surface area (Å²) in [5.41, 5.74) is -4.83. The molecule has 0 saturated heterocycles. The Bertz CT molecular complexity index is 691. The van der Waals surface area contributed by atoms with Gasteiger partial charge in [0.2, 0.25) is 0 Å². The molecule has 5 nitrogen and oxygen atoms in total. The topological polar surface area (TPSA) is 74.2 Å². The number of nitrogens with zero attached hydrogens (tertiary/aromatic N) is 1. The van der Waals surface area contributed by atoms with E-state index in [9.17, 15) is 31.1 Å². The molecule has 0 unspecified atom stereocenters. The minimum Gasteiger partial charge on any atom is -0.450 e. The van der Waals surface area contributed by atoms with Gasteiger partial charge in [0.1, 0.15) is 11.1 Å². The zero-order valence-corrected chi connectivity index (χ0v) is 14.7. The number of nitrogens with one attached hydrogen (secondary N) is 2. The molecule has 0 bridgehead atoms. The number of ether oxygens (including phenoxy) is 1. The first-order chi connectivity index (χ1) is 11.8. The lowest BCUT2D eigenvalue weighted by Crippen LogP contribution is -2.72. The molecular formula is C14H15F6N3O2S. The van der Waals surface area contributed by atoms with Crippen molar-refractivity contribution in [3.8, 4) is 6.07 Å². The molecule has 1 heterocycles. The lowest BCUT2D eigenvalue weighted by atomic mass is 10.1. The van der Waals surface area contributed by atoms with Crippen LogP contribution in [0, 0.1) is 18.3 Å². The zero-order valence-electron chi connectivity index (χ0n) is 13.9. The maximum absolute atomic E-state index is 13.5. The van der Waals surface area contributed by atoms with E-state index in [0.717, 1.165) is 5.32 Å². The van der Waals surface area contributed by atoms with Gasteiger partial charge >= 0.3 is 24.1 Å². The van der Waals surface area contributed by atoms with Crippen molar-refractivity contribution in [1.82, 2.24) is 5.32 Å². The van der Waals surface area contributed by atoms with Crippen LogP contribution in [0.5, 0.6) is 0 Å². The van der Waals surface area contributed by atoms with Crippen LogP contribution in [0.25, 0.3) is 0 Å². The van der Waals surface area contributed by atoms with Gasteiger partial charge in [0.15, 0.2) is 0 Å². The summed E-state index contributed by atoms with van der Waals surface area (Å²) in [5, 5.41) is 10.7. The number of halogens is 6. The average Bonchev–Trinajstić information content (AvgIpc) is 2.78. The van der Waals surface area contributed by atoms with E-state index in [4.69, 9.17) is 5.26 Å². The predicted octanol–water partition coefficient (Wildman–Crippen LogP) is 4.47. The summed E-state index contributed by atoms with van der Waals surface area (Å²) in [4.78, 5) is 11.8. The molecule has 0 fully saturated rings. The quantitative estimate of drug-likeness (QED) is 0.562. The fourth-order valence-electron chi connectivity index (χ4n) is 2.18. The highest BCUT2D eigenvalue weighted by molar-refractivity contribution is 7.16. The Morgan fingerprint density at radius 3 is 2.12 bits per heavy atom. The first-order valence-corrected chi connectivity index (χ1v) is 8.05. The number of hydrogen-bond acceptors (Lipinski definition) is 5. The second kappa shape index (κ2) is 7.61. The van der Waals surface area contributed by atoms with Crippen LogP contribution >= 0.6 is 11.3 Å². The van der Waals surface area contributed by atoms with Crippen LogP contribution in [0.2, 0.25) is 0 Å². The van der Waals surface area contributed by atoms with Gasteiger partial charge in [-0.05, 0) is 25.8 Å². The van der Waals surface area contributed by atoms with Gasteiger partial charge in [-0.25, -0.2) is 4.79 Å². The molecule has 146 valence electrons. The van der Waals surface area contributed by atoms with Crippen molar-refractivity contribution in [2.75, 3.05) is 11.9 Å². The fraction of sp³-hybridized carbons (Fsp3) is 0.571. The Hall–Kier alpha value is -2.16. The number of nitriles is 1. The number of anilines is 1. The molecule has 26 heavy (non-hydrogen) atoms.